The second-order valence-corrected chi connectivity index (χ2v) is 5.52. The largest absolute Gasteiger partial charge is 0.493 e. The molecule has 0 atom stereocenters. The van der Waals surface area contributed by atoms with E-state index < -0.39 is 0 Å². The average molecular weight is 298 g/mol. The van der Waals surface area contributed by atoms with Crippen molar-refractivity contribution in [3.05, 3.63) is 48.2 Å². The van der Waals surface area contributed by atoms with E-state index in [-0.39, 0.29) is 18.2 Å². The van der Waals surface area contributed by atoms with Gasteiger partial charge in [-0.1, -0.05) is 13.8 Å². The lowest BCUT2D eigenvalue weighted by Gasteiger charge is -2.06. The topological polar surface area (TPSA) is 57.3 Å². The van der Waals surface area contributed by atoms with E-state index in [0.29, 0.717) is 16.9 Å². The third-order valence-corrected chi connectivity index (χ3v) is 3.64. The number of imidazole rings is 1. The van der Waals surface area contributed by atoms with Gasteiger partial charge in [0.15, 0.2) is 17.1 Å². The number of fused-ring (bicyclic) bond motifs is 1. The normalized spacial score (nSPS) is 11.3. The third kappa shape index (κ3) is 2.50. The maximum atomic E-state index is 12.6. The van der Waals surface area contributed by atoms with Gasteiger partial charge in [-0.25, -0.2) is 4.98 Å². The fraction of sp³-hybridized carbons (Fsp3) is 0.294. The highest BCUT2D eigenvalue weighted by molar-refractivity contribution is 6.08. The quantitative estimate of drug-likeness (QED) is 0.675. The molecule has 0 fully saturated rings. The molecule has 22 heavy (non-hydrogen) atoms. The zero-order valence-electron chi connectivity index (χ0n) is 12.9. The minimum absolute atomic E-state index is 0.0155. The highest BCUT2D eigenvalue weighted by Gasteiger charge is 2.18. The van der Waals surface area contributed by atoms with Crippen LogP contribution in [0.25, 0.3) is 11.0 Å². The number of Topliss-reactive ketones (excluding diaryl/α,β-unsaturated/α-hetero) is 1. The second-order valence-electron chi connectivity index (χ2n) is 5.52. The number of benzene rings is 1. The van der Waals surface area contributed by atoms with Crippen LogP contribution in [0.2, 0.25) is 0 Å². The van der Waals surface area contributed by atoms with Crippen LogP contribution in [0.4, 0.5) is 0 Å². The maximum absolute atomic E-state index is 12.6. The molecule has 2 heterocycles. The highest BCUT2D eigenvalue weighted by Crippen LogP contribution is 2.34. The van der Waals surface area contributed by atoms with Gasteiger partial charge >= 0.3 is 0 Å². The number of carbonyl (C=O) groups excluding carboxylic acids is 1. The standard InChI is InChI=1S/C17H18N2O3/c1-11(2)16-8-13-12(4-5-15(21-3)17(13)22-16)14(20)9-19-7-6-18-10-19/h4-8,10-11H,9H2,1-3H3. The molecule has 0 saturated carbocycles. The summed E-state index contributed by atoms with van der Waals surface area (Å²) >= 11 is 0. The van der Waals surface area contributed by atoms with E-state index in [1.165, 1.54) is 0 Å². The van der Waals surface area contributed by atoms with Gasteiger partial charge in [-0.2, -0.15) is 0 Å². The molecular formula is C17H18N2O3. The number of carbonyl (C=O) groups is 1. The lowest BCUT2D eigenvalue weighted by molar-refractivity contribution is 0.0973. The van der Waals surface area contributed by atoms with Gasteiger partial charge in [0, 0.05) is 29.3 Å². The first-order valence-electron chi connectivity index (χ1n) is 7.19. The van der Waals surface area contributed by atoms with E-state index in [2.05, 4.69) is 18.8 Å². The smallest absolute Gasteiger partial charge is 0.183 e. The van der Waals surface area contributed by atoms with Crippen LogP contribution in [0.5, 0.6) is 5.75 Å². The summed E-state index contributed by atoms with van der Waals surface area (Å²) in [5, 5.41) is 0.799. The predicted octanol–water partition coefficient (Wildman–Crippen LogP) is 3.64. The Morgan fingerprint density at radius 1 is 1.41 bits per heavy atom. The van der Waals surface area contributed by atoms with Gasteiger partial charge < -0.3 is 13.7 Å². The summed E-state index contributed by atoms with van der Waals surface area (Å²) in [5.41, 5.74) is 1.27. The van der Waals surface area contributed by atoms with Crippen molar-refractivity contribution in [1.82, 2.24) is 9.55 Å². The first kappa shape index (κ1) is 14.4. The van der Waals surface area contributed by atoms with Crippen molar-refractivity contribution < 1.29 is 13.9 Å². The summed E-state index contributed by atoms with van der Waals surface area (Å²) in [6.07, 6.45) is 5.06. The van der Waals surface area contributed by atoms with Gasteiger partial charge in [0.2, 0.25) is 0 Å². The molecule has 0 saturated heterocycles. The van der Waals surface area contributed by atoms with E-state index in [0.717, 1.165) is 11.1 Å². The van der Waals surface area contributed by atoms with Crippen molar-refractivity contribution in [3.8, 4) is 5.75 Å². The summed E-state index contributed by atoms with van der Waals surface area (Å²) in [5.74, 6) is 1.74. The van der Waals surface area contributed by atoms with Crippen LogP contribution in [-0.2, 0) is 6.54 Å². The first-order valence-corrected chi connectivity index (χ1v) is 7.19. The molecule has 0 amide bonds. The Labute approximate surface area is 128 Å². The van der Waals surface area contributed by atoms with Gasteiger partial charge in [-0.05, 0) is 18.2 Å². The molecule has 5 heteroatoms. The third-order valence-electron chi connectivity index (χ3n) is 3.64. The number of ether oxygens (including phenoxy) is 1. The van der Waals surface area contributed by atoms with Gasteiger partial charge in [0.1, 0.15) is 5.76 Å². The van der Waals surface area contributed by atoms with Crippen molar-refractivity contribution in [2.45, 2.75) is 26.3 Å². The fourth-order valence-electron chi connectivity index (χ4n) is 2.44. The molecule has 0 unspecified atom stereocenters. The van der Waals surface area contributed by atoms with Gasteiger partial charge in [-0.3, -0.25) is 4.79 Å². The number of hydrogen-bond acceptors (Lipinski definition) is 4. The monoisotopic (exact) mass is 298 g/mol. The molecule has 0 aliphatic carbocycles. The molecule has 0 radical (unpaired) electrons. The van der Waals surface area contributed by atoms with Crippen LogP contribution in [-0.4, -0.2) is 22.4 Å². The average Bonchev–Trinajstić information content (AvgIpc) is 3.14. The van der Waals surface area contributed by atoms with E-state index in [1.807, 2.05) is 6.07 Å². The van der Waals surface area contributed by atoms with E-state index >= 15 is 0 Å². The van der Waals surface area contributed by atoms with Crippen LogP contribution < -0.4 is 4.74 Å². The van der Waals surface area contributed by atoms with E-state index in [9.17, 15) is 4.79 Å². The van der Waals surface area contributed by atoms with Crippen molar-refractivity contribution >= 4 is 16.8 Å². The Hall–Kier alpha value is -2.56. The Balaban J connectivity index is 2.07. The number of methoxy groups -OCH3 is 1. The Kier molecular flexibility index (Phi) is 3.71. The van der Waals surface area contributed by atoms with Crippen molar-refractivity contribution in [2.75, 3.05) is 7.11 Å². The number of rotatable bonds is 5. The summed E-state index contributed by atoms with van der Waals surface area (Å²) in [4.78, 5) is 16.5. The van der Waals surface area contributed by atoms with Crippen LogP contribution in [0, 0.1) is 0 Å². The van der Waals surface area contributed by atoms with Gasteiger partial charge in [0.25, 0.3) is 0 Å². The lowest BCUT2D eigenvalue weighted by atomic mass is 10.0. The second kappa shape index (κ2) is 5.67. The number of ketones is 1. The summed E-state index contributed by atoms with van der Waals surface area (Å²) < 4.78 is 13.0. The number of nitrogens with zero attached hydrogens (tertiary/aromatic N) is 2. The van der Waals surface area contributed by atoms with Crippen molar-refractivity contribution in [1.29, 1.82) is 0 Å². The van der Waals surface area contributed by atoms with Crippen molar-refractivity contribution in [3.63, 3.8) is 0 Å². The molecule has 5 nitrogen and oxygen atoms in total. The minimum atomic E-state index is 0.0155. The molecule has 2 aromatic heterocycles. The Morgan fingerprint density at radius 3 is 2.86 bits per heavy atom. The molecule has 0 spiro atoms. The van der Waals surface area contributed by atoms with E-state index in [4.69, 9.17) is 9.15 Å². The molecule has 3 rings (SSSR count). The summed E-state index contributed by atoms with van der Waals surface area (Å²) in [6.45, 7) is 4.36. The van der Waals surface area contributed by atoms with Crippen molar-refractivity contribution in [2.24, 2.45) is 0 Å². The zero-order valence-corrected chi connectivity index (χ0v) is 12.9. The van der Waals surface area contributed by atoms with E-state index in [1.54, 1.807) is 42.5 Å². The maximum Gasteiger partial charge on any atom is 0.183 e. The molecule has 0 aliphatic rings. The molecule has 3 aromatic rings. The molecule has 1 aromatic carbocycles. The fourth-order valence-corrected chi connectivity index (χ4v) is 2.44. The van der Waals surface area contributed by atoms with Gasteiger partial charge in [0.05, 0.1) is 20.0 Å². The minimum Gasteiger partial charge on any atom is -0.493 e. The molecule has 0 aliphatic heterocycles. The Morgan fingerprint density at radius 2 is 2.23 bits per heavy atom. The molecule has 0 N–H and O–H groups in total. The predicted molar refractivity (Wildman–Crippen MR) is 83.4 cm³/mol. The molecular weight excluding hydrogens is 280 g/mol. The lowest BCUT2D eigenvalue weighted by Crippen LogP contribution is -2.09. The van der Waals surface area contributed by atoms with Crippen LogP contribution in [0.1, 0.15) is 35.9 Å². The molecule has 114 valence electrons. The summed E-state index contributed by atoms with van der Waals surface area (Å²) in [7, 11) is 1.60. The number of hydrogen-bond donors (Lipinski definition) is 0. The molecule has 0 bridgehead atoms. The SMILES string of the molecule is COc1ccc(C(=O)Cn2ccnc2)c2cc(C(C)C)oc12. The number of furan rings is 1. The Bertz CT molecular complexity index is 801. The van der Waals surface area contributed by atoms with Crippen LogP contribution >= 0.6 is 0 Å². The van der Waals surface area contributed by atoms with Crippen LogP contribution in [0.3, 0.4) is 0 Å². The zero-order chi connectivity index (χ0) is 15.7. The summed E-state index contributed by atoms with van der Waals surface area (Å²) in [6, 6.07) is 5.50. The number of aromatic nitrogens is 2. The highest BCUT2D eigenvalue weighted by atomic mass is 16.5. The first-order chi connectivity index (χ1) is 10.6. The van der Waals surface area contributed by atoms with Crippen LogP contribution in [0.15, 0.2) is 41.3 Å². The van der Waals surface area contributed by atoms with Gasteiger partial charge in [-0.15, -0.1) is 0 Å².